The summed E-state index contributed by atoms with van der Waals surface area (Å²) < 4.78 is 1.36. The summed E-state index contributed by atoms with van der Waals surface area (Å²) in [4.78, 5) is 5.34. The van der Waals surface area contributed by atoms with Crippen LogP contribution >= 0.6 is 0 Å². The quantitative estimate of drug-likeness (QED) is 0.769. The summed E-state index contributed by atoms with van der Waals surface area (Å²) in [6.07, 6.45) is 8.25. The molecule has 4 nitrogen and oxygen atoms in total. The van der Waals surface area contributed by atoms with Gasteiger partial charge in [-0.2, -0.15) is 0 Å². The van der Waals surface area contributed by atoms with Crippen LogP contribution in [0.5, 0.6) is 0 Å². The van der Waals surface area contributed by atoms with Crippen LogP contribution in [0.1, 0.15) is 66.2 Å². The molecule has 0 amide bonds. The minimum Gasteiger partial charge on any atom is -0.324 e. The van der Waals surface area contributed by atoms with Gasteiger partial charge in [-0.1, -0.05) is 0 Å². The van der Waals surface area contributed by atoms with Crippen molar-refractivity contribution in [2.75, 3.05) is 46.3 Å². The van der Waals surface area contributed by atoms with E-state index in [1.807, 2.05) is 0 Å². The van der Waals surface area contributed by atoms with E-state index in [1.54, 1.807) is 0 Å². The minimum absolute atomic E-state index is 0.138. The molecule has 0 radical (unpaired) electrons. The molecule has 0 spiro atoms. The van der Waals surface area contributed by atoms with Gasteiger partial charge in [0.15, 0.2) is 0 Å². The molecule has 0 saturated carbocycles. The minimum atomic E-state index is 0.138. The third-order valence-electron chi connectivity index (χ3n) is 7.54. The fourth-order valence-corrected chi connectivity index (χ4v) is 5.62. The van der Waals surface area contributed by atoms with Crippen molar-refractivity contribution >= 4 is 0 Å². The Hall–Kier alpha value is -0.160. The maximum Gasteiger partial charge on any atom is 0.0913 e. The van der Waals surface area contributed by atoms with Crippen molar-refractivity contribution in [3.63, 3.8) is 0 Å². The van der Waals surface area contributed by atoms with Gasteiger partial charge in [-0.05, 0) is 53.6 Å². The Labute approximate surface area is 156 Å². The summed E-state index contributed by atoms with van der Waals surface area (Å²) in [5.41, 5.74) is 0.138. The molecule has 0 aromatic carbocycles. The first-order valence-corrected chi connectivity index (χ1v) is 10.9. The van der Waals surface area contributed by atoms with Crippen molar-refractivity contribution < 1.29 is 4.48 Å². The highest BCUT2D eigenvalue weighted by Crippen LogP contribution is 2.30. The van der Waals surface area contributed by atoms with E-state index >= 15 is 0 Å². The summed E-state index contributed by atoms with van der Waals surface area (Å²) in [7, 11) is 2.51. The Morgan fingerprint density at radius 3 is 2.00 bits per heavy atom. The molecule has 25 heavy (non-hydrogen) atoms. The summed E-state index contributed by atoms with van der Waals surface area (Å²) in [5, 5.41) is 4.01. The Bertz CT molecular complexity index is 412. The molecule has 3 heterocycles. The first kappa shape index (κ1) is 19.6. The van der Waals surface area contributed by atoms with Gasteiger partial charge >= 0.3 is 0 Å². The smallest absolute Gasteiger partial charge is 0.0913 e. The Balaban J connectivity index is 1.47. The molecular weight excluding hydrogens is 308 g/mol. The van der Waals surface area contributed by atoms with E-state index in [0.717, 1.165) is 6.04 Å². The first-order valence-electron chi connectivity index (χ1n) is 10.9. The van der Waals surface area contributed by atoms with Crippen molar-refractivity contribution in [2.24, 2.45) is 0 Å². The van der Waals surface area contributed by atoms with Crippen molar-refractivity contribution in [1.29, 1.82) is 0 Å². The first-order chi connectivity index (χ1) is 11.8. The van der Waals surface area contributed by atoms with Crippen molar-refractivity contribution in [2.45, 2.75) is 90.0 Å². The molecule has 3 fully saturated rings. The standard InChI is InChI=1S/C21H43N4/c1-18(2)23-12-8-19(9-13-23)22-21(3,4)24-14-10-20(11-15-24)25(5)16-6-7-17-25/h18-20,22H,6-17H2,1-5H3/q+1. The van der Waals surface area contributed by atoms with E-state index in [1.165, 1.54) is 82.3 Å². The van der Waals surface area contributed by atoms with Gasteiger partial charge in [0.05, 0.1) is 31.8 Å². The summed E-state index contributed by atoms with van der Waals surface area (Å²) in [6, 6.07) is 2.29. The maximum atomic E-state index is 4.01. The average Bonchev–Trinajstić information content (AvgIpc) is 3.03. The Morgan fingerprint density at radius 1 is 0.920 bits per heavy atom. The van der Waals surface area contributed by atoms with Crippen LogP contribution in [0.3, 0.4) is 0 Å². The van der Waals surface area contributed by atoms with Crippen LogP contribution in [-0.4, -0.2) is 84.4 Å². The van der Waals surface area contributed by atoms with Crippen LogP contribution in [0.25, 0.3) is 0 Å². The normalized spacial score (nSPS) is 28.1. The lowest BCUT2D eigenvalue weighted by atomic mass is 9.97. The number of piperidine rings is 2. The SMILES string of the molecule is CC(C)N1CCC(NC(C)(C)N2CCC([N+]3(C)CCCC3)CC2)CC1. The fraction of sp³-hybridized carbons (Fsp3) is 1.00. The Morgan fingerprint density at radius 2 is 1.48 bits per heavy atom. The number of rotatable bonds is 5. The molecular formula is C21H43N4+. The average molecular weight is 352 g/mol. The van der Waals surface area contributed by atoms with Gasteiger partial charge in [0.1, 0.15) is 0 Å². The van der Waals surface area contributed by atoms with Crippen LogP contribution in [-0.2, 0) is 0 Å². The lowest BCUT2D eigenvalue weighted by molar-refractivity contribution is -0.923. The molecule has 146 valence electrons. The maximum absolute atomic E-state index is 4.01. The zero-order chi connectivity index (χ0) is 18.1. The van der Waals surface area contributed by atoms with Crippen LogP contribution < -0.4 is 5.32 Å². The Kier molecular flexibility index (Phi) is 6.14. The molecule has 3 rings (SSSR count). The third kappa shape index (κ3) is 4.58. The summed E-state index contributed by atoms with van der Waals surface area (Å²) >= 11 is 0. The van der Waals surface area contributed by atoms with Gasteiger partial charge in [-0.15, -0.1) is 0 Å². The molecule has 0 aromatic heterocycles. The third-order valence-corrected chi connectivity index (χ3v) is 7.54. The number of nitrogens with zero attached hydrogens (tertiary/aromatic N) is 3. The second-order valence-electron chi connectivity index (χ2n) is 9.96. The predicted molar refractivity (Wildman–Crippen MR) is 107 cm³/mol. The van der Waals surface area contributed by atoms with E-state index in [9.17, 15) is 0 Å². The molecule has 0 aliphatic carbocycles. The van der Waals surface area contributed by atoms with Crippen LogP contribution in [0.4, 0.5) is 0 Å². The van der Waals surface area contributed by atoms with Crippen molar-refractivity contribution in [1.82, 2.24) is 15.1 Å². The molecule has 0 bridgehead atoms. The van der Waals surface area contributed by atoms with Gasteiger partial charge in [0, 0.05) is 50.9 Å². The molecule has 0 atom stereocenters. The molecule has 0 unspecified atom stereocenters. The topological polar surface area (TPSA) is 18.5 Å². The second-order valence-corrected chi connectivity index (χ2v) is 9.96. The van der Waals surface area contributed by atoms with Crippen LogP contribution in [0, 0.1) is 0 Å². The van der Waals surface area contributed by atoms with Crippen molar-refractivity contribution in [3.8, 4) is 0 Å². The molecule has 0 aromatic rings. The fourth-order valence-electron chi connectivity index (χ4n) is 5.62. The van der Waals surface area contributed by atoms with Crippen molar-refractivity contribution in [3.05, 3.63) is 0 Å². The van der Waals surface area contributed by atoms with Crippen LogP contribution in [0.15, 0.2) is 0 Å². The van der Waals surface area contributed by atoms with Gasteiger partial charge in [-0.3, -0.25) is 10.2 Å². The highest BCUT2D eigenvalue weighted by Gasteiger charge is 2.40. The number of quaternary nitrogens is 1. The summed E-state index contributed by atoms with van der Waals surface area (Å²) in [6.45, 7) is 17.3. The van der Waals surface area contributed by atoms with E-state index < -0.39 is 0 Å². The van der Waals surface area contributed by atoms with Gasteiger partial charge in [0.2, 0.25) is 0 Å². The zero-order valence-electron chi connectivity index (χ0n) is 17.6. The molecule has 4 heteroatoms. The summed E-state index contributed by atoms with van der Waals surface area (Å²) in [5.74, 6) is 0. The van der Waals surface area contributed by atoms with E-state index in [-0.39, 0.29) is 5.66 Å². The van der Waals surface area contributed by atoms with E-state index in [0.29, 0.717) is 12.1 Å². The molecule has 3 saturated heterocycles. The zero-order valence-corrected chi connectivity index (χ0v) is 17.6. The monoisotopic (exact) mass is 351 g/mol. The highest BCUT2D eigenvalue weighted by molar-refractivity contribution is 4.89. The molecule has 1 N–H and O–H groups in total. The lowest BCUT2D eigenvalue weighted by Gasteiger charge is -2.49. The van der Waals surface area contributed by atoms with Gasteiger partial charge in [-0.25, -0.2) is 0 Å². The number of nitrogens with one attached hydrogen (secondary N) is 1. The number of hydrogen-bond acceptors (Lipinski definition) is 3. The molecule has 3 aliphatic heterocycles. The lowest BCUT2D eigenvalue weighted by Crippen LogP contribution is -2.63. The largest absolute Gasteiger partial charge is 0.324 e. The number of likely N-dealkylation sites (tertiary alicyclic amines) is 3. The molecule has 3 aliphatic rings. The van der Waals surface area contributed by atoms with Crippen LogP contribution in [0.2, 0.25) is 0 Å². The van der Waals surface area contributed by atoms with E-state index in [4.69, 9.17) is 0 Å². The van der Waals surface area contributed by atoms with Gasteiger partial charge < -0.3 is 9.38 Å². The number of hydrogen-bond donors (Lipinski definition) is 1. The van der Waals surface area contributed by atoms with E-state index in [2.05, 4.69) is 49.9 Å². The predicted octanol–water partition coefficient (Wildman–Crippen LogP) is 2.89. The second kappa shape index (κ2) is 7.84. The van der Waals surface area contributed by atoms with Gasteiger partial charge in [0.25, 0.3) is 0 Å². The highest BCUT2D eigenvalue weighted by atomic mass is 15.4.